The Kier molecular flexibility index (Phi) is 5.66. The molecule has 0 unspecified atom stereocenters. The second-order valence-electron chi connectivity index (χ2n) is 5.50. The van der Waals surface area contributed by atoms with Gasteiger partial charge in [0.2, 0.25) is 5.43 Å². The van der Waals surface area contributed by atoms with Gasteiger partial charge in [-0.25, -0.2) is 0 Å². The standard InChI is InChI=1S/C19H16ClN3O3/c20-14-5-3-4-13(8-14)12-26-18-11-22-16(9-17(18)24)19(25)23-10-15-6-1-2-7-21-15/h1-9,11H,10,12H2,(H,22,24)(H,23,25). The molecule has 2 heterocycles. The lowest BCUT2D eigenvalue weighted by Gasteiger charge is -2.08. The number of H-pyrrole nitrogens is 1. The van der Waals surface area contributed by atoms with Crippen LogP contribution in [-0.2, 0) is 13.2 Å². The van der Waals surface area contributed by atoms with Crippen LogP contribution in [0.1, 0.15) is 21.7 Å². The minimum atomic E-state index is -0.394. The van der Waals surface area contributed by atoms with Crippen LogP contribution in [0.4, 0.5) is 0 Å². The topological polar surface area (TPSA) is 84.1 Å². The van der Waals surface area contributed by atoms with Crippen molar-refractivity contribution in [2.75, 3.05) is 0 Å². The molecule has 132 valence electrons. The van der Waals surface area contributed by atoms with Gasteiger partial charge < -0.3 is 15.0 Å². The summed E-state index contributed by atoms with van der Waals surface area (Å²) in [7, 11) is 0. The molecule has 0 aliphatic heterocycles. The van der Waals surface area contributed by atoms with E-state index in [4.69, 9.17) is 16.3 Å². The Labute approximate surface area is 154 Å². The third-order valence-corrected chi connectivity index (χ3v) is 3.80. The smallest absolute Gasteiger partial charge is 0.268 e. The van der Waals surface area contributed by atoms with Crippen molar-refractivity contribution in [2.24, 2.45) is 0 Å². The average molecular weight is 370 g/mol. The molecule has 3 rings (SSSR count). The van der Waals surface area contributed by atoms with Crippen LogP contribution in [0.25, 0.3) is 0 Å². The van der Waals surface area contributed by atoms with Crippen LogP contribution in [0.2, 0.25) is 5.02 Å². The van der Waals surface area contributed by atoms with Gasteiger partial charge in [-0.1, -0.05) is 29.8 Å². The number of nitrogens with zero attached hydrogens (tertiary/aromatic N) is 1. The highest BCUT2D eigenvalue weighted by atomic mass is 35.5. The molecule has 0 aliphatic carbocycles. The summed E-state index contributed by atoms with van der Waals surface area (Å²) in [5.74, 6) is -0.264. The molecule has 0 fully saturated rings. The highest BCUT2D eigenvalue weighted by Gasteiger charge is 2.10. The van der Waals surface area contributed by atoms with E-state index >= 15 is 0 Å². The molecule has 26 heavy (non-hydrogen) atoms. The lowest BCUT2D eigenvalue weighted by atomic mass is 10.2. The fraction of sp³-hybridized carbons (Fsp3) is 0.105. The van der Waals surface area contributed by atoms with Gasteiger partial charge in [0.05, 0.1) is 12.2 Å². The zero-order valence-electron chi connectivity index (χ0n) is 13.7. The third kappa shape index (κ3) is 4.70. The molecule has 0 aliphatic rings. The van der Waals surface area contributed by atoms with E-state index in [9.17, 15) is 9.59 Å². The van der Waals surface area contributed by atoms with Gasteiger partial charge >= 0.3 is 0 Å². The Morgan fingerprint density at radius 2 is 2.08 bits per heavy atom. The highest BCUT2D eigenvalue weighted by Crippen LogP contribution is 2.12. The predicted molar refractivity (Wildman–Crippen MR) is 98.3 cm³/mol. The molecule has 7 heteroatoms. The number of aromatic amines is 1. The van der Waals surface area contributed by atoms with Gasteiger partial charge in [-0.05, 0) is 29.8 Å². The molecule has 2 aromatic heterocycles. The Morgan fingerprint density at radius 3 is 2.81 bits per heavy atom. The SMILES string of the molecule is O=C(NCc1ccccn1)c1cc(=O)c(OCc2cccc(Cl)c2)c[nH]1. The molecule has 0 atom stereocenters. The van der Waals surface area contributed by atoms with Gasteiger partial charge in [0, 0.05) is 23.5 Å². The zero-order valence-corrected chi connectivity index (χ0v) is 14.5. The molecule has 3 aromatic rings. The minimum Gasteiger partial charge on any atom is -0.483 e. The van der Waals surface area contributed by atoms with Crippen molar-refractivity contribution >= 4 is 17.5 Å². The predicted octanol–water partition coefficient (Wildman–Crippen LogP) is 2.93. The number of benzene rings is 1. The fourth-order valence-corrected chi connectivity index (χ4v) is 2.47. The zero-order chi connectivity index (χ0) is 18.4. The molecule has 0 bridgehead atoms. The number of nitrogens with one attached hydrogen (secondary N) is 2. The minimum absolute atomic E-state index is 0.131. The number of hydrogen-bond acceptors (Lipinski definition) is 4. The number of ether oxygens (including phenoxy) is 1. The van der Waals surface area contributed by atoms with E-state index in [1.807, 2.05) is 12.1 Å². The Hall–Kier alpha value is -3.12. The first kappa shape index (κ1) is 17.7. The van der Waals surface area contributed by atoms with Crippen LogP contribution < -0.4 is 15.5 Å². The number of carbonyl (C=O) groups excluding carboxylic acids is 1. The molecule has 0 spiro atoms. The van der Waals surface area contributed by atoms with Crippen molar-refractivity contribution < 1.29 is 9.53 Å². The average Bonchev–Trinajstić information content (AvgIpc) is 2.66. The molecule has 1 aromatic carbocycles. The molecule has 0 saturated heterocycles. The number of rotatable bonds is 6. The first-order valence-corrected chi connectivity index (χ1v) is 8.28. The summed E-state index contributed by atoms with van der Waals surface area (Å²) in [6.07, 6.45) is 3.03. The molecular formula is C19H16ClN3O3. The van der Waals surface area contributed by atoms with E-state index in [1.165, 1.54) is 12.3 Å². The van der Waals surface area contributed by atoms with Gasteiger partial charge in [0.25, 0.3) is 5.91 Å². The Bertz CT molecular complexity index is 957. The molecule has 1 amide bonds. The number of hydrogen-bond donors (Lipinski definition) is 2. The van der Waals surface area contributed by atoms with E-state index in [0.29, 0.717) is 5.02 Å². The quantitative estimate of drug-likeness (QED) is 0.699. The third-order valence-electron chi connectivity index (χ3n) is 3.56. The summed E-state index contributed by atoms with van der Waals surface area (Å²) < 4.78 is 5.50. The monoisotopic (exact) mass is 369 g/mol. The summed E-state index contributed by atoms with van der Waals surface area (Å²) in [6, 6.07) is 13.8. The van der Waals surface area contributed by atoms with Crippen molar-refractivity contribution in [3.63, 3.8) is 0 Å². The number of amides is 1. The van der Waals surface area contributed by atoms with Gasteiger partial charge in [0.1, 0.15) is 12.3 Å². The molecule has 0 saturated carbocycles. The maximum Gasteiger partial charge on any atom is 0.268 e. The van der Waals surface area contributed by atoms with Gasteiger partial charge in [0.15, 0.2) is 5.75 Å². The van der Waals surface area contributed by atoms with Gasteiger partial charge in [-0.2, -0.15) is 0 Å². The van der Waals surface area contributed by atoms with Gasteiger partial charge in [-0.15, -0.1) is 0 Å². The van der Waals surface area contributed by atoms with E-state index in [2.05, 4.69) is 15.3 Å². The van der Waals surface area contributed by atoms with Crippen molar-refractivity contribution in [1.29, 1.82) is 0 Å². The van der Waals surface area contributed by atoms with E-state index in [-0.39, 0.29) is 30.0 Å². The lowest BCUT2D eigenvalue weighted by Crippen LogP contribution is -2.25. The van der Waals surface area contributed by atoms with Crippen molar-refractivity contribution in [3.05, 3.63) is 93.1 Å². The second-order valence-corrected chi connectivity index (χ2v) is 5.93. The van der Waals surface area contributed by atoms with Crippen LogP contribution in [0.15, 0.2) is 65.7 Å². The fourth-order valence-electron chi connectivity index (χ4n) is 2.26. The normalized spacial score (nSPS) is 10.3. The van der Waals surface area contributed by atoms with Crippen LogP contribution in [0.3, 0.4) is 0 Å². The first-order valence-electron chi connectivity index (χ1n) is 7.90. The van der Waals surface area contributed by atoms with E-state index in [1.54, 1.807) is 36.5 Å². The molecule has 6 nitrogen and oxygen atoms in total. The van der Waals surface area contributed by atoms with Crippen LogP contribution in [0.5, 0.6) is 5.75 Å². The largest absolute Gasteiger partial charge is 0.483 e. The van der Waals surface area contributed by atoms with Crippen molar-refractivity contribution in [2.45, 2.75) is 13.2 Å². The van der Waals surface area contributed by atoms with Crippen LogP contribution >= 0.6 is 11.6 Å². The Morgan fingerprint density at radius 1 is 1.19 bits per heavy atom. The number of carbonyl (C=O) groups is 1. The maximum atomic E-state index is 12.1. The summed E-state index contributed by atoms with van der Waals surface area (Å²) in [5.41, 5.74) is 1.34. The number of halogens is 1. The maximum absolute atomic E-state index is 12.1. The number of pyridine rings is 2. The van der Waals surface area contributed by atoms with Gasteiger partial charge in [-0.3, -0.25) is 14.6 Å². The van der Waals surface area contributed by atoms with Crippen molar-refractivity contribution in [1.82, 2.24) is 15.3 Å². The summed E-state index contributed by atoms with van der Waals surface area (Å²) in [6.45, 7) is 0.476. The lowest BCUT2D eigenvalue weighted by molar-refractivity contribution is 0.0945. The summed E-state index contributed by atoms with van der Waals surface area (Å²) >= 11 is 5.92. The first-order chi connectivity index (χ1) is 12.6. The summed E-state index contributed by atoms with van der Waals surface area (Å²) in [4.78, 5) is 31.2. The molecule has 2 N–H and O–H groups in total. The summed E-state index contributed by atoms with van der Waals surface area (Å²) in [5, 5.41) is 3.30. The molecular weight excluding hydrogens is 354 g/mol. The van der Waals surface area contributed by atoms with E-state index in [0.717, 1.165) is 11.3 Å². The Balaban J connectivity index is 1.61. The van der Waals surface area contributed by atoms with E-state index < -0.39 is 5.91 Å². The number of aromatic nitrogens is 2. The van der Waals surface area contributed by atoms with Crippen LogP contribution in [-0.4, -0.2) is 15.9 Å². The molecule has 0 radical (unpaired) electrons. The second kappa shape index (κ2) is 8.31. The highest BCUT2D eigenvalue weighted by molar-refractivity contribution is 6.30. The van der Waals surface area contributed by atoms with Crippen LogP contribution in [0, 0.1) is 0 Å². The van der Waals surface area contributed by atoms with Crippen molar-refractivity contribution in [3.8, 4) is 5.75 Å².